The highest BCUT2D eigenvalue weighted by molar-refractivity contribution is 6.07. The van der Waals surface area contributed by atoms with Crippen LogP contribution in [-0.2, 0) is 0 Å². The monoisotopic (exact) mass is 764 g/mol. The van der Waals surface area contributed by atoms with Crippen molar-refractivity contribution in [3.05, 3.63) is 243 Å². The smallest absolute Gasteiger partial charge is 0.160 e. The topological polar surface area (TPSA) is 25.8 Å². The van der Waals surface area contributed by atoms with Gasteiger partial charge in [0.05, 0.1) is 11.4 Å². The predicted octanol–water partition coefficient (Wildman–Crippen LogP) is 15.5. The van der Waals surface area contributed by atoms with E-state index in [1.54, 1.807) is 0 Å². The Morgan fingerprint density at radius 3 is 1.02 bits per heavy atom. The largest absolute Gasteiger partial charge is 0.228 e. The van der Waals surface area contributed by atoms with E-state index in [1.165, 1.54) is 38.9 Å². The molecule has 10 aromatic rings. The molecule has 0 fully saturated rings. The van der Waals surface area contributed by atoms with Crippen LogP contribution in [0.1, 0.15) is 0 Å². The third-order valence-electron chi connectivity index (χ3n) is 11.1. The van der Waals surface area contributed by atoms with E-state index < -0.39 is 0 Å². The highest BCUT2D eigenvalue weighted by Crippen LogP contribution is 2.50. The van der Waals surface area contributed by atoms with E-state index in [0.717, 1.165) is 55.9 Å². The van der Waals surface area contributed by atoms with Gasteiger partial charge in [-0.05, 0) is 85.0 Å². The molecule has 0 aliphatic carbocycles. The second-order valence-corrected chi connectivity index (χ2v) is 14.9. The summed E-state index contributed by atoms with van der Waals surface area (Å²) in [7, 11) is 0. The zero-order valence-corrected chi connectivity index (χ0v) is 33.0. The Kier molecular flexibility index (Phi) is 10.0. The minimum Gasteiger partial charge on any atom is -0.228 e. The van der Waals surface area contributed by atoms with Crippen LogP contribution < -0.4 is 0 Å². The quantitative estimate of drug-likeness (QED) is 0.146. The van der Waals surface area contributed by atoms with E-state index >= 15 is 0 Å². The third kappa shape index (κ3) is 7.35. The van der Waals surface area contributed by atoms with E-state index in [-0.39, 0.29) is 0 Å². The number of rotatable bonds is 9. The van der Waals surface area contributed by atoms with Crippen LogP contribution in [0, 0.1) is 0 Å². The molecule has 0 N–H and O–H groups in total. The van der Waals surface area contributed by atoms with Crippen LogP contribution in [0.15, 0.2) is 243 Å². The summed E-state index contributed by atoms with van der Waals surface area (Å²) in [4.78, 5) is 10.4. The third-order valence-corrected chi connectivity index (χ3v) is 11.1. The van der Waals surface area contributed by atoms with Crippen molar-refractivity contribution >= 4 is 0 Å². The molecule has 1 aromatic heterocycles. The first-order valence-corrected chi connectivity index (χ1v) is 20.4. The molecule has 0 aliphatic rings. The van der Waals surface area contributed by atoms with E-state index in [2.05, 4.69) is 231 Å². The number of aromatic nitrogens is 2. The maximum absolute atomic E-state index is 5.24. The fourth-order valence-corrected chi connectivity index (χ4v) is 8.23. The molecular formula is C58H40N2. The molecule has 0 radical (unpaired) electrons. The molecule has 2 heteroatoms. The molecular weight excluding hydrogens is 725 g/mol. The standard InChI is InChI=1S/C58H40N2/c1-7-20-41(21-8-1)49-32-19-33-50(38-49)58-59-53(44-24-11-3-12-25-44)40-54(60-58)45-36-34-43(35-37-45)52-39-51(42-22-9-2-10-23-42)55(46-26-13-4-14-27-46)57(48-30-17-6-18-31-48)56(52)47-28-15-5-16-29-47/h1-40H. The van der Waals surface area contributed by atoms with Gasteiger partial charge in [-0.25, -0.2) is 9.97 Å². The Bertz CT molecular complexity index is 3020. The van der Waals surface area contributed by atoms with Crippen molar-refractivity contribution in [3.8, 4) is 101 Å². The molecule has 0 spiro atoms. The van der Waals surface area contributed by atoms with Crippen molar-refractivity contribution in [1.29, 1.82) is 0 Å². The molecule has 282 valence electrons. The molecule has 0 saturated carbocycles. The summed E-state index contributed by atoms with van der Waals surface area (Å²) >= 11 is 0. The molecule has 60 heavy (non-hydrogen) atoms. The van der Waals surface area contributed by atoms with Crippen molar-refractivity contribution in [2.45, 2.75) is 0 Å². The van der Waals surface area contributed by atoms with E-state index in [9.17, 15) is 0 Å². The van der Waals surface area contributed by atoms with Gasteiger partial charge in [-0.3, -0.25) is 0 Å². The molecule has 0 bridgehead atoms. The van der Waals surface area contributed by atoms with E-state index in [1.807, 2.05) is 12.1 Å². The highest BCUT2D eigenvalue weighted by atomic mass is 14.9. The first-order valence-electron chi connectivity index (χ1n) is 20.4. The average molecular weight is 765 g/mol. The van der Waals surface area contributed by atoms with Gasteiger partial charge < -0.3 is 0 Å². The first kappa shape index (κ1) is 36.4. The predicted molar refractivity (Wildman–Crippen MR) is 251 cm³/mol. The van der Waals surface area contributed by atoms with Crippen LogP contribution in [0.25, 0.3) is 101 Å². The first-order chi connectivity index (χ1) is 29.8. The second-order valence-electron chi connectivity index (χ2n) is 14.9. The normalized spacial score (nSPS) is 11.0. The zero-order valence-electron chi connectivity index (χ0n) is 33.0. The minimum atomic E-state index is 0.691. The van der Waals surface area contributed by atoms with Gasteiger partial charge in [-0.15, -0.1) is 0 Å². The van der Waals surface area contributed by atoms with Gasteiger partial charge >= 0.3 is 0 Å². The van der Waals surface area contributed by atoms with Gasteiger partial charge in [0.25, 0.3) is 0 Å². The second kappa shape index (κ2) is 16.5. The van der Waals surface area contributed by atoms with Crippen LogP contribution in [0.4, 0.5) is 0 Å². The molecule has 9 aromatic carbocycles. The lowest BCUT2D eigenvalue weighted by Crippen LogP contribution is -1.98. The van der Waals surface area contributed by atoms with Crippen LogP contribution in [0.2, 0.25) is 0 Å². The Labute approximate surface area is 351 Å². The van der Waals surface area contributed by atoms with Crippen LogP contribution in [-0.4, -0.2) is 9.97 Å². The van der Waals surface area contributed by atoms with Gasteiger partial charge in [0.1, 0.15) is 0 Å². The fraction of sp³-hybridized carbons (Fsp3) is 0. The molecule has 0 aliphatic heterocycles. The number of hydrogen-bond acceptors (Lipinski definition) is 2. The lowest BCUT2D eigenvalue weighted by atomic mass is 9.79. The molecule has 1 heterocycles. The van der Waals surface area contributed by atoms with Crippen molar-refractivity contribution in [3.63, 3.8) is 0 Å². The summed E-state index contributed by atoms with van der Waals surface area (Å²) < 4.78 is 0. The minimum absolute atomic E-state index is 0.691. The molecule has 10 rings (SSSR count). The van der Waals surface area contributed by atoms with Gasteiger partial charge in [-0.1, -0.05) is 224 Å². The Morgan fingerprint density at radius 2 is 0.533 bits per heavy atom. The van der Waals surface area contributed by atoms with Gasteiger partial charge in [0.2, 0.25) is 0 Å². The number of hydrogen-bond donors (Lipinski definition) is 0. The highest BCUT2D eigenvalue weighted by Gasteiger charge is 2.24. The molecule has 0 amide bonds. The summed E-state index contributed by atoms with van der Waals surface area (Å²) in [6.07, 6.45) is 0. The molecule has 0 unspecified atom stereocenters. The number of nitrogens with zero attached hydrogens (tertiary/aromatic N) is 2. The maximum atomic E-state index is 5.24. The molecule has 0 saturated heterocycles. The Morgan fingerprint density at radius 1 is 0.200 bits per heavy atom. The summed E-state index contributed by atoms with van der Waals surface area (Å²) in [5, 5.41) is 0. The van der Waals surface area contributed by atoms with E-state index in [4.69, 9.17) is 9.97 Å². The van der Waals surface area contributed by atoms with Crippen molar-refractivity contribution in [1.82, 2.24) is 9.97 Å². The van der Waals surface area contributed by atoms with Crippen LogP contribution in [0.3, 0.4) is 0 Å². The van der Waals surface area contributed by atoms with Crippen molar-refractivity contribution < 1.29 is 0 Å². The lowest BCUT2D eigenvalue weighted by Gasteiger charge is -2.24. The molecule has 2 nitrogen and oxygen atoms in total. The average Bonchev–Trinajstić information content (AvgIpc) is 3.35. The summed E-state index contributed by atoms with van der Waals surface area (Å²) in [5.74, 6) is 0.691. The summed E-state index contributed by atoms with van der Waals surface area (Å²) in [5.41, 5.74) is 18.9. The maximum Gasteiger partial charge on any atom is 0.160 e. The van der Waals surface area contributed by atoms with Crippen molar-refractivity contribution in [2.75, 3.05) is 0 Å². The Hall–Kier alpha value is -7.94. The summed E-state index contributed by atoms with van der Waals surface area (Å²) in [6.45, 7) is 0. The van der Waals surface area contributed by atoms with Crippen LogP contribution >= 0.6 is 0 Å². The van der Waals surface area contributed by atoms with Gasteiger partial charge in [-0.2, -0.15) is 0 Å². The van der Waals surface area contributed by atoms with Crippen molar-refractivity contribution in [2.24, 2.45) is 0 Å². The van der Waals surface area contributed by atoms with Gasteiger partial charge in [0, 0.05) is 16.7 Å². The Balaban J connectivity index is 1.17. The SMILES string of the molecule is c1ccc(-c2cccc(-c3nc(-c4ccccc4)cc(-c4ccc(-c5cc(-c6ccccc6)c(-c6ccccc6)c(-c6ccccc6)c5-c5ccccc5)cc4)n3)c2)cc1. The summed E-state index contributed by atoms with van der Waals surface area (Å²) in [6, 6.07) is 86.1. The zero-order chi connectivity index (χ0) is 40.1. The lowest BCUT2D eigenvalue weighted by molar-refractivity contribution is 1.18. The molecule has 0 atom stereocenters. The van der Waals surface area contributed by atoms with Crippen LogP contribution in [0.5, 0.6) is 0 Å². The van der Waals surface area contributed by atoms with Gasteiger partial charge in [0.15, 0.2) is 5.82 Å². The van der Waals surface area contributed by atoms with E-state index in [0.29, 0.717) is 5.82 Å². The fourth-order valence-electron chi connectivity index (χ4n) is 8.23. The number of benzene rings is 9.